The third-order valence-electron chi connectivity index (χ3n) is 4.27. The molecule has 0 bridgehead atoms. The van der Waals surface area contributed by atoms with E-state index >= 15 is 0 Å². The minimum atomic E-state index is -3.87. The smallest absolute Gasteiger partial charge is 0.273 e. The van der Waals surface area contributed by atoms with Gasteiger partial charge in [-0.1, -0.05) is 24.3 Å². The summed E-state index contributed by atoms with van der Waals surface area (Å²) < 4.78 is 32.7. The minimum absolute atomic E-state index is 0.0754. The molecule has 0 heterocycles. The molecule has 0 amide bonds. The molecule has 0 saturated carbocycles. The molecule has 3 aromatic rings. The molecule has 0 aliphatic heterocycles. The summed E-state index contributed by atoms with van der Waals surface area (Å²) >= 11 is 0. The lowest BCUT2D eigenvalue weighted by Crippen LogP contribution is -2.23. The third kappa shape index (κ3) is 4.07. The van der Waals surface area contributed by atoms with E-state index in [0.717, 1.165) is 28.2 Å². The van der Waals surface area contributed by atoms with E-state index < -0.39 is 14.9 Å². The minimum Gasteiger partial charge on any atom is -0.497 e. The number of methoxy groups -OCH3 is 1. The second-order valence-electron chi connectivity index (χ2n) is 6.08. The van der Waals surface area contributed by atoms with E-state index in [0.29, 0.717) is 5.56 Å². The monoisotopic (exact) mass is 386 g/mol. The Hall–Kier alpha value is -2.97. The van der Waals surface area contributed by atoms with Gasteiger partial charge in [-0.3, -0.25) is 10.1 Å². The zero-order valence-electron chi connectivity index (χ0n) is 14.8. The Morgan fingerprint density at radius 1 is 1.04 bits per heavy atom. The Labute approximate surface area is 156 Å². The molecule has 27 heavy (non-hydrogen) atoms. The topological polar surface area (TPSA) is 98.5 Å². The van der Waals surface area contributed by atoms with Gasteiger partial charge in [-0.2, -0.15) is 0 Å². The molecule has 0 unspecified atom stereocenters. The van der Waals surface area contributed by atoms with Crippen LogP contribution in [0.1, 0.15) is 11.1 Å². The van der Waals surface area contributed by atoms with Gasteiger partial charge in [0.05, 0.1) is 16.9 Å². The Balaban J connectivity index is 1.82. The van der Waals surface area contributed by atoms with Crippen molar-refractivity contribution in [2.45, 2.75) is 18.4 Å². The predicted octanol–water partition coefficient (Wildman–Crippen LogP) is 3.54. The first kappa shape index (κ1) is 18.8. The molecule has 0 spiro atoms. The quantitative estimate of drug-likeness (QED) is 0.516. The number of nitro groups is 1. The molecule has 0 aliphatic rings. The van der Waals surface area contributed by atoms with Gasteiger partial charge in [0.25, 0.3) is 5.69 Å². The van der Waals surface area contributed by atoms with Gasteiger partial charge in [0.2, 0.25) is 10.0 Å². The van der Waals surface area contributed by atoms with Gasteiger partial charge in [0, 0.05) is 18.2 Å². The summed E-state index contributed by atoms with van der Waals surface area (Å²) in [5, 5.41) is 13.0. The summed E-state index contributed by atoms with van der Waals surface area (Å²) in [6, 6.07) is 15.1. The van der Waals surface area contributed by atoms with Gasteiger partial charge >= 0.3 is 0 Å². The number of nitro benzene ring substituents is 1. The molecular formula is C19H18N2O5S. The van der Waals surface area contributed by atoms with E-state index in [9.17, 15) is 18.5 Å². The lowest BCUT2D eigenvalue weighted by Gasteiger charge is -2.09. The first-order valence-corrected chi connectivity index (χ1v) is 9.60. The van der Waals surface area contributed by atoms with Crippen LogP contribution in [0, 0.1) is 17.0 Å². The molecule has 0 aliphatic carbocycles. The largest absolute Gasteiger partial charge is 0.497 e. The van der Waals surface area contributed by atoms with E-state index in [1.165, 1.54) is 12.1 Å². The van der Waals surface area contributed by atoms with Crippen molar-refractivity contribution in [3.8, 4) is 5.75 Å². The number of hydrogen-bond acceptors (Lipinski definition) is 5. The van der Waals surface area contributed by atoms with Gasteiger partial charge in [-0.25, -0.2) is 13.1 Å². The average molecular weight is 386 g/mol. The summed E-state index contributed by atoms with van der Waals surface area (Å²) in [7, 11) is -2.27. The van der Waals surface area contributed by atoms with Gasteiger partial charge in [-0.15, -0.1) is 0 Å². The molecule has 3 rings (SSSR count). The van der Waals surface area contributed by atoms with E-state index in [1.54, 1.807) is 14.0 Å². The lowest BCUT2D eigenvalue weighted by atomic mass is 10.1. The van der Waals surface area contributed by atoms with E-state index in [2.05, 4.69) is 4.72 Å². The summed E-state index contributed by atoms with van der Waals surface area (Å²) in [5.41, 5.74) is 0.958. The van der Waals surface area contributed by atoms with Crippen molar-refractivity contribution in [3.05, 3.63) is 75.8 Å². The van der Waals surface area contributed by atoms with Crippen LogP contribution < -0.4 is 9.46 Å². The molecule has 3 aromatic carbocycles. The fraction of sp³-hybridized carbons (Fsp3) is 0.158. The van der Waals surface area contributed by atoms with Crippen LogP contribution in [0.2, 0.25) is 0 Å². The van der Waals surface area contributed by atoms with E-state index in [4.69, 9.17) is 4.74 Å². The highest BCUT2D eigenvalue weighted by Crippen LogP contribution is 2.24. The number of rotatable bonds is 6. The highest BCUT2D eigenvalue weighted by atomic mass is 32.2. The van der Waals surface area contributed by atoms with Crippen LogP contribution in [0.4, 0.5) is 5.69 Å². The SMILES string of the molecule is COc1ccc2cc(CNS(=O)(=O)c3ccc(C)c([N+](=O)[O-])c3)ccc2c1. The highest BCUT2D eigenvalue weighted by Gasteiger charge is 2.19. The molecule has 1 N–H and O–H groups in total. The number of fused-ring (bicyclic) bond motifs is 1. The van der Waals surface area contributed by atoms with E-state index in [1.807, 2.05) is 36.4 Å². The van der Waals surface area contributed by atoms with Crippen molar-refractivity contribution < 1.29 is 18.1 Å². The molecule has 0 aromatic heterocycles. The van der Waals surface area contributed by atoms with Crippen LogP contribution in [-0.2, 0) is 16.6 Å². The zero-order chi connectivity index (χ0) is 19.6. The Bertz CT molecular complexity index is 1130. The maximum atomic E-state index is 12.5. The fourth-order valence-corrected chi connectivity index (χ4v) is 3.76. The van der Waals surface area contributed by atoms with Crippen LogP contribution in [0.25, 0.3) is 10.8 Å². The number of sulfonamides is 1. The van der Waals surface area contributed by atoms with Gasteiger partial charge < -0.3 is 4.74 Å². The van der Waals surface area contributed by atoms with Crippen LogP contribution >= 0.6 is 0 Å². The number of hydrogen-bond donors (Lipinski definition) is 1. The van der Waals surface area contributed by atoms with Gasteiger partial charge in [0.1, 0.15) is 5.75 Å². The average Bonchev–Trinajstić information content (AvgIpc) is 2.65. The van der Waals surface area contributed by atoms with Gasteiger partial charge in [0.15, 0.2) is 0 Å². The first-order chi connectivity index (χ1) is 12.8. The van der Waals surface area contributed by atoms with Gasteiger partial charge in [-0.05, 0) is 47.5 Å². The molecule has 0 fully saturated rings. The normalized spacial score (nSPS) is 11.5. The maximum absolute atomic E-state index is 12.5. The summed E-state index contributed by atoms with van der Waals surface area (Å²) in [5.74, 6) is 0.747. The second kappa shape index (κ2) is 7.34. The highest BCUT2D eigenvalue weighted by molar-refractivity contribution is 7.89. The molecule has 0 atom stereocenters. The number of aryl methyl sites for hydroxylation is 1. The standard InChI is InChI=1S/C19H18N2O5S/c1-13-3-8-18(11-19(13)21(22)23)27(24,25)20-12-14-4-5-16-10-17(26-2)7-6-15(16)9-14/h3-11,20H,12H2,1-2H3. The number of nitrogens with zero attached hydrogens (tertiary/aromatic N) is 1. The molecule has 140 valence electrons. The molecule has 0 radical (unpaired) electrons. The van der Waals surface area contributed by atoms with Crippen LogP contribution in [0.15, 0.2) is 59.5 Å². The van der Waals surface area contributed by atoms with Crippen LogP contribution in [0.3, 0.4) is 0 Å². The van der Waals surface area contributed by atoms with Crippen molar-refractivity contribution in [3.63, 3.8) is 0 Å². The van der Waals surface area contributed by atoms with E-state index in [-0.39, 0.29) is 17.1 Å². The lowest BCUT2D eigenvalue weighted by molar-refractivity contribution is -0.385. The molecule has 7 nitrogen and oxygen atoms in total. The summed E-state index contributed by atoms with van der Waals surface area (Å²) in [4.78, 5) is 10.3. The number of benzene rings is 3. The fourth-order valence-electron chi connectivity index (χ4n) is 2.72. The van der Waals surface area contributed by atoms with Crippen LogP contribution in [-0.4, -0.2) is 20.5 Å². The number of nitrogens with one attached hydrogen (secondary N) is 1. The Morgan fingerprint density at radius 2 is 1.74 bits per heavy atom. The van der Waals surface area contributed by atoms with Crippen molar-refractivity contribution in [1.82, 2.24) is 4.72 Å². The second-order valence-corrected chi connectivity index (χ2v) is 7.84. The Kier molecular flexibility index (Phi) is 5.11. The zero-order valence-corrected chi connectivity index (χ0v) is 15.6. The summed E-state index contributed by atoms with van der Waals surface area (Å²) in [6.45, 7) is 1.64. The maximum Gasteiger partial charge on any atom is 0.273 e. The van der Waals surface area contributed by atoms with Crippen LogP contribution in [0.5, 0.6) is 5.75 Å². The van der Waals surface area contributed by atoms with Crippen molar-refractivity contribution >= 4 is 26.5 Å². The predicted molar refractivity (Wildman–Crippen MR) is 102 cm³/mol. The van der Waals surface area contributed by atoms with Crippen molar-refractivity contribution in [2.24, 2.45) is 0 Å². The number of ether oxygens (including phenoxy) is 1. The Morgan fingerprint density at radius 3 is 2.44 bits per heavy atom. The third-order valence-corrected chi connectivity index (χ3v) is 5.66. The molecule has 8 heteroatoms. The van der Waals surface area contributed by atoms with Crippen molar-refractivity contribution in [1.29, 1.82) is 0 Å². The summed E-state index contributed by atoms with van der Waals surface area (Å²) in [6.07, 6.45) is 0. The molecular weight excluding hydrogens is 368 g/mol. The van der Waals surface area contributed by atoms with Crippen molar-refractivity contribution in [2.75, 3.05) is 7.11 Å². The molecule has 0 saturated heterocycles. The first-order valence-electron chi connectivity index (χ1n) is 8.11.